The number of carbonyl (C=O) groups is 1. The molecule has 1 heterocycles. The summed E-state index contributed by atoms with van der Waals surface area (Å²) in [5.74, 6) is -0.753. The van der Waals surface area contributed by atoms with Crippen LogP contribution in [-0.2, 0) is 4.79 Å². The molecule has 0 aromatic heterocycles. The average Bonchev–Trinajstić information content (AvgIpc) is 2.05. The highest BCUT2D eigenvalue weighted by molar-refractivity contribution is 5.85. The zero-order valence-electron chi connectivity index (χ0n) is 8.93. The normalized spacial score (nSPS) is 25.8. The Bertz CT molecular complexity index is 235. The Labute approximate surface area is 98.6 Å². The molecule has 0 bridgehead atoms. The van der Waals surface area contributed by atoms with Gasteiger partial charge in [0.25, 0.3) is 0 Å². The predicted molar refractivity (Wildman–Crippen MR) is 56.5 cm³/mol. The van der Waals surface area contributed by atoms with Crippen LogP contribution < -0.4 is 10.6 Å². The Morgan fingerprint density at radius 1 is 1.50 bits per heavy atom. The van der Waals surface area contributed by atoms with Crippen LogP contribution in [-0.4, -0.2) is 31.2 Å². The largest absolute Gasteiger partial charge is 0.397 e. The van der Waals surface area contributed by atoms with Crippen molar-refractivity contribution in [1.82, 2.24) is 10.6 Å². The fourth-order valence-electron chi connectivity index (χ4n) is 1.67. The quantitative estimate of drug-likeness (QED) is 0.790. The molecule has 0 aromatic rings. The number of alkyl halides is 3. The molecule has 2 N–H and O–H groups in total. The molecule has 7 heteroatoms. The summed E-state index contributed by atoms with van der Waals surface area (Å²) in [7, 11) is 0. The Morgan fingerprint density at radius 3 is 2.62 bits per heavy atom. The number of amides is 1. The number of nitrogens with one attached hydrogen (secondary N) is 2. The molecule has 0 radical (unpaired) electrons. The SMILES string of the molecule is CC1CNCCC1NC(=O)CC(F)(F)F.Cl. The molecule has 2 unspecified atom stereocenters. The Hall–Kier alpha value is -0.490. The van der Waals surface area contributed by atoms with Gasteiger partial charge in [-0.2, -0.15) is 13.2 Å². The summed E-state index contributed by atoms with van der Waals surface area (Å²) in [5.41, 5.74) is 0. The smallest absolute Gasteiger partial charge is 0.353 e. The maximum Gasteiger partial charge on any atom is 0.397 e. The lowest BCUT2D eigenvalue weighted by Gasteiger charge is -2.30. The van der Waals surface area contributed by atoms with Gasteiger partial charge in [-0.25, -0.2) is 0 Å². The van der Waals surface area contributed by atoms with Crippen molar-refractivity contribution in [1.29, 1.82) is 0 Å². The average molecular weight is 261 g/mol. The number of halogens is 4. The van der Waals surface area contributed by atoms with E-state index in [1.807, 2.05) is 6.92 Å². The molecule has 0 aromatic carbocycles. The lowest BCUT2D eigenvalue weighted by Crippen LogP contribution is -2.49. The molecule has 16 heavy (non-hydrogen) atoms. The molecule has 1 amide bonds. The van der Waals surface area contributed by atoms with E-state index in [2.05, 4.69) is 10.6 Å². The van der Waals surface area contributed by atoms with Crippen molar-refractivity contribution < 1.29 is 18.0 Å². The van der Waals surface area contributed by atoms with Gasteiger partial charge in [-0.15, -0.1) is 12.4 Å². The van der Waals surface area contributed by atoms with Crippen molar-refractivity contribution in [3.63, 3.8) is 0 Å². The second kappa shape index (κ2) is 6.30. The van der Waals surface area contributed by atoms with Crippen LogP contribution in [0.25, 0.3) is 0 Å². The number of hydrogen-bond donors (Lipinski definition) is 2. The van der Waals surface area contributed by atoms with Gasteiger partial charge >= 0.3 is 6.18 Å². The monoisotopic (exact) mass is 260 g/mol. The van der Waals surface area contributed by atoms with Gasteiger partial charge in [0, 0.05) is 6.04 Å². The second-order valence-corrected chi connectivity index (χ2v) is 3.94. The highest BCUT2D eigenvalue weighted by Crippen LogP contribution is 2.20. The minimum Gasteiger partial charge on any atom is -0.353 e. The molecule has 96 valence electrons. The Morgan fingerprint density at radius 2 is 2.12 bits per heavy atom. The first kappa shape index (κ1) is 15.5. The van der Waals surface area contributed by atoms with E-state index in [-0.39, 0.29) is 24.4 Å². The third kappa shape index (κ3) is 5.55. The highest BCUT2D eigenvalue weighted by Gasteiger charge is 2.33. The number of carbonyl (C=O) groups excluding carboxylic acids is 1. The maximum atomic E-state index is 11.9. The first-order chi connectivity index (χ1) is 6.88. The molecule has 0 aliphatic carbocycles. The fourth-order valence-corrected chi connectivity index (χ4v) is 1.67. The minimum absolute atomic E-state index is 0. The van der Waals surface area contributed by atoms with Crippen LogP contribution in [0.15, 0.2) is 0 Å². The van der Waals surface area contributed by atoms with E-state index >= 15 is 0 Å². The van der Waals surface area contributed by atoms with Gasteiger partial charge in [-0.05, 0) is 25.4 Å². The van der Waals surface area contributed by atoms with E-state index in [9.17, 15) is 18.0 Å². The van der Waals surface area contributed by atoms with Crippen molar-refractivity contribution in [3.05, 3.63) is 0 Å². The molecule has 0 spiro atoms. The van der Waals surface area contributed by atoms with Gasteiger partial charge in [0.15, 0.2) is 0 Å². The number of rotatable bonds is 2. The van der Waals surface area contributed by atoms with Crippen LogP contribution in [0.4, 0.5) is 13.2 Å². The van der Waals surface area contributed by atoms with Crippen molar-refractivity contribution in [2.75, 3.05) is 13.1 Å². The van der Waals surface area contributed by atoms with Gasteiger partial charge < -0.3 is 10.6 Å². The van der Waals surface area contributed by atoms with Gasteiger partial charge in [-0.3, -0.25) is 4.79 Å². The summed E-state index contributed by atoms with van der Waals surface area (Å²) in [6.07, 6.45) is -5.12. The summed E-state index contributed by atoms with van der Waals surface area (Å²) in [6.45, 7) is 3.38. The van der Waals surface area contributed by atoms with Gasteiger partial charge in [0.2, 0.25) is 5.91 Å². The van der Waals surface area contributed by atoms with Crippen LogP contribution in [0, 0.1) is 5.92 Å². The van der Waals surface area contributed by atoms with Gasteiger partial charge in [0.05, 0.1) is 0 Å². The highest BCUT2D eigenvalue weighted by atomic mass is 35.5. The molecular formula is C9H16ClF3N2O. The van der Waals surface area contributed by atoms with Crippen LogP contribution in [0.1, 0.15) is 19.8 Å². The maximum absolute atomic E-state index is 11.9. The summed E-state index contributed by atoms with van der Waals surface area (Å²) in [4.78, 5) is 11.0. The lowest BCUT2D eigenvalue weighted by molar-refractivity contribution is -0.154. The van der Waals surface area contributed by atoms with Crippen LogP contribution in [0.5, 0.6) is 0 Å². The zero-order chi connectivity index (χ0) is 11.5. The van der Waals surface area contributed by atoms with Crippen molar-refractivity contribution in [2.24, 2.45) is 5.92 Å². The topological polar surface area (TPSA) is 41.1 Å². The van der Waals surface area contributed by atoms with Crippen molar-refractivity contribution in [3.8, 4) is 0 Å². The van der Waals surface area contributed by atoms with E-state index in [0.29, 0.717) is 6.42 Å². The zero-order valence-corrected chi connectivity index (χ0v) is 9.75. The second-order valence-electron chi connectivity index (χ2n) is 3.94. The van der Waals surface area contributed by atoms with Crippen LogP contribution in [0.2, 0.25) is 0 Å². The predicted octanol–water partition coefficient (Wildman–Crippen LogP) is 1.47. The van der Waals surface area contributed by atoms with Gasteiger partial charge in [0.1, 0.15) is 6.42 Å². The molecule has 1 fully saturated rings. The summed E-state index contributed by atoms with van der Waals surface area (Å²) >= 11 is 0. The van der Waals surface area contributed by atoms with Crippen LogP contribution in [0.3, 0.4) is 0 Å². The van der Waals surface area contributed by atoms with E-state index in [4.69, 9.17) is 0 Å². The van der Waals surface area contributed by atoms with Crippen LogP contribution >= 0.6 is 12.4 Å². The summed E-state index contributed by atoms with van der Waals surface area (Å²) in [5, 5.41) is 5.54. The van der Waals surface area contributed by atoms with Crippen molar-refractivity contribution in [2.45, 2.75) is 32.0 Å². The van der Waals surface area contributed by atoms with Gasteiger partial charge in [-0.1, -0.05) is 6.92 Å². The van der Waals surface area contributed by atoms with E-state index in [1.54, 1.807) is 0 Å². The third-order valence-corrected chi connectivity index (χ3v) is 2.49. The molecular weight excluding hydrogens is 245 g/mol. The molecule has 3 nitrogen and oxygen atoms in total. The summed E-state index contributed by atoms with van der Waals surface area (Å²) < 4.78 is 35.7. The molecule has 2 atom stereocenters. The Balaban J connectivity index is 0.00000225. The van der Waals surface area contributed by atoms with E-state index in [1.165, 1.54) is 0 Å². The molecule has 1 aliphatic heterocycles. The molecule has 1 aliphatic rings. The Kier molecular flexibility index (Phi) is 6.10. The first-order valence-corrected chi connectivity index (χ1v) is 4.95. The van der Waals surface area contributed by atoms with E-state index in [0.717, 1.165) is 13.1 Å². The molecule has 1 rings (SSSR count). The fraction of sp³-hybridized carbons (Fsp3) is 0.889. The van der Waals surface area contributed by atoms with E-state index < -0.39 is 18.5 Å². The number of piperidine rings is 1. The summed E-state index contributed by atoms with van der Waals surface area (Å²) in [6, 6.07) is -0.138. The minimum atomic E-state index is -4.42. The first-order valence-electron chi connectivity index (χ1n) is 4.95. The molecule has 0 saturated carbocycles. The van der Waals surface area contributed by atoms with Crippen molar-refractivity contribution >= 4 is 18.3 Å². The number of hydrogen-bond acceptors (Lipinski definition) is 2. The molecule has 1 saturated heterocycles. The third-order valence-electron chi connectivity index (χ3n) is 2.49. The standard InChI is InChI=1S/C9H15F3N2O.ClH/c1-6-5-13-3-2-7(6)14-8(15)4-9(10,11)12;/h6-7,13H,2-5H2,1H3,(H,14,15);1H. The lowest BCUT2D eigenvalue weighted by atomic mass is 9.95.